The minimum Gasteiger partial charge on any atom is -0.301 e. The van der Waals surface area contributed by atoms with Crippen molar-refractivity contribution in [2.75, 3.05) is 5.43 Å². The number of nitrogens with zero attached hydrogens (tertiary/aromatic N) is 3. The lowest BCUT2D eigenvalue weighted by atomic mass is 10.1. The van der Waals surface area contributed by atoms with Gasteiger partial charge in [0.15, 0.2) is 5.78 Å². The summed E-state index contributed by atoms with van der Waals surface area (Å²) in [6.07, 6.45) is 1.04. The van der Waals surface area contributed by atoms with Gasteiger partial charge in [-0.3, -0.25) is 34.6 Å². The Labute approximate surface area is 165 Å². The fourth-order valence-electron chi connectivity index (χ4n) is 2.96. The molecule has 0 aliphatic rings. The number of aryl methyl sites for hydroxylation is 1. The molecule has 1 N–H and O–H groups in total. The summed E-state index contributed by atoms with van der Waals surface area (Å²) in [5, 5.41) is 10.9. The van der Waals surface area contributed by atoms with Crippen LogP contribution < -0.4 is 11.0 Å². The van der Waals surface area contributed by atoms with Crippen LogP contribution in [0.2, 0.25) is 0 Å². The van der Waals surface area contributed by atoms with Gasteiger partial charge in [0, 0.05) is 34.6 Å². The lowest BCUT2D eigenvalue weighted by molar-refractivity contribution is -0.385. The molecule has 0 aliphatic carbocycles. The van der Waals surface area contributed by atoms with E-state index in [0.29, 0.717) is 22.5 Å². The number of carbonyl (C=O) groups excluding carboxylic acids is 2. The quantitative estimate of drug-likeness (QED) is 0.392. The first-order valence-corrected chi connectivity index (χ1v) is 8.71. The van der Waals surface area contributed by atoms with E-state index in [2.05, 4.69) is 5.43 Å². The number of nitro groups is 1. The van der Waals surface area contributed by atoms with Crippen molar-refractivity contribution < 1.29 is 14.5 Å². The van der Waals surface area contributed by atoms with Crippen molar-refractivity contribution in [3.05, 3.63) is 97.7 Å². The molecule has 0 radical (unpaired) electrons. The molecule has 0 bridgehead atoms. The Morgan fingerprint density at radius 3 is 2.45 bits per heavy atom. The Bertz CT molecular complexity index is 1160. The van der Waals surface area contributed by atoms with Gasteiger partial charge in [0.2, 0.25) is 0 Å². The number of nitrogens with one attached hydrogen (secondary N) is 1. The molecule has 0 aliphatic heterocycles. The van der Waals surface area contributed by atoms with Crippen molar-refractivity contribution in [1.82, 2.24) is 9.24 Å². The minimum atomic E-state index is -0.634. The largest absolute Gasteiger partial charge is 0.301 e. The minimum absolute atomic E-state index is 0.280. The van der Waals surface area contributed by atoms with Crippen molar-refractivity contribution in [2.45, 2.75) is 20.4 Å². The third-order valence-electron chi connectivity index (χ3n) is 4.47. The van der Waals surface area contributed by atoms with E-state index >= 15 is 0 Å². The zero-order valence-electron chi connectivity index (χ0n) is 15.8. The van der Waals surface area contributed by atoms with Crippen LogP contribution >= 0.6 is 0 Å². The molecule has 0 saturated carbocycles. The van der Waals surface area contributed by atoms with Gasteiger partial charge in [-0.1, -0.05) is 18.2 Å². The van der Waals surface area contributed by atoms with Crippen molar-refractivity contribution >= 4 is 17.4 Å². The summed E-state index contributed by atoms with van der Waals surface area (Å²) in [5.74, 6) is -0.734. The van der Waals surface area contributed by atoms with E-state index in [4.69, 9.17) is 0 Å². The van der Waals surface area contributed by atoms with Crippen molar-refractivity contribution in [3.63, 3.8) is 0 Å². The maximum absolute atomic E-state index is 12.7. The monoisotopic (exact) mass is 394 g/mol. The number of hydrogen-bond donors (Lipinski definition) is 1. The topological polar surface area (TPSA) is 116 Å². The van der Waals surface area contributed by atoms with Gasteiger partial charge in [-0.25, -0.2) is 0 Å². The maximum atomic E-state index is 12.7. The molecule has 148 valence electrons. The van der Waals surface area contributed by atoms with E-state index in [1.165, 1.54) is 4.68 Å². The normalized spacial score (nSPS) is 10.6. The summed E-state index contributed by atoms with van der Waals surface area (Å²) in [7, 11) is 0. The van der Waals surface area contributed by atoms with E-state index in [0.717, 1.165) is 22.9 Å². The van der Waals surface area contributed by atoms with Crippen molar-refractivity contribution in [2.24, 2.45) is 0 Å². The number of ketones is 1. The highest BCUT2D eigenvalue weighted by molar-refractivity contribution is 6.01. The zero-order valence-corrected chi connectivity index (χ0v) is 15.8. The van der Waals surface area contributed by atoms with Crippen LogP contribution in [0.3, 0.4) is 0 Å². The SMILES string of the molecule is Cc1cc(C(=O)Cn2cc([N+](=O)[O-])ccc2=O)c(C)n1NC(=O)c1ccccc1. The van der Waals surface area contributed by atoms with Gasteiger partial charge in [0.1, 0.15) is 0 Å². The molecule has 9 heteroatoms. The smallest absolute Gasteiger partial charge is 0.285 e. The number of benzene rings is 1. The molecule has 2 heterocycles. The Morgan fingerprint density at radius 1 is 1.10 bits per heavy atom. The Kier molecular flexibility index (Phi) is 5.40. The summed E-state index contributed by atoms with van der Waals surface area (Å²) in [6, 6.07) is 12.4. The first-order chi connectivity index (χ1) is 13.8. The lowest BCUT2D eigenvalue weighted by Crippen LogP contribution is -2.26. The Morgan fingerprint density at radius 2 is 1.79 bits per heavy atom. The summed E-state index contributed by atoms with van der Waals surface area (Å²) in [4.78, 5) is 47.4. The molecule has 0 unspecified atom stereocenters. The number of Topliss-reactive ketones (excluding diaryl/α,β-unsaturated/α-hetero) is 1. The highest BCUT2D eigenvalue weighted by atomic mass is 16.6. The third-order valence-corrected chi connectivity index (χ3v) is 4.47. The number of rotatable bonds is 6. The molecular formula is C20H18N4O5. The predicted molar refractivity (Wildman–Crippen MR) is 106 cm³/mol. The predicted octanol–water partition coefficient (Wildman–Crippen LogP) is 2.44. The number of carbonyl (C=O) groups is 2. The van der Waals surface area contributed by atoms with Gasteiger partial charge in [0.05, 0.1) is 17.7 Å². The molecule has 1 aromatic carbocycles. The summed E-state index contributed by atoms with van der Waals surface area (Å²) >= 11 is 0. The van der Waals surface area contributed by atoms with Crippen LogP contribution in [-0.2, 0) is 6.54 Å². The van der Waals surface area contributed by atoms with Crippen LogP contribution in [0.5, 0.6) is 0 Å². The second kappa shape index (κ2) is 7.93. The molecule has 2 aromatic heterocycles. The molecule has 9 nitrogen and oxygen atoms in total. The highest BCUT2D eigenvalue weighted by Gasteiger charge is 2.19. The van der Waals surface area contributed by atoms with Crippen LogP contribution in [0.1, 0.15) is 32.1 Å². The van der Waals surface area contributed by atoms with E-state index in [9.17, 15) is 24.5 Å². The van der Waals surface area contributed by atoms with Crippen LogP contribution in [-0.4, -0.2) is 25.9 Å². The fourth-order valence-corrected chi connectivity index (χ4v) is 2.96. The van der Waals surface area contributed by atoms with Crippen molar-refractivity contribution in [1.29, 1.82) is 0 Å². The molecule has 3 rings (SSSR count). The number of aromatic nitrogens is 2. The molecule has 0 atom stereocenters. The van der Waals surface area contributed by atoms with Gasteiger partial charge < -0.3 is 4.57 Å². The molecule has 0 spiro atoms. The Balaban J connectivity index is 1.85. The van der Waals surface area contributed by atoms with E-state index < -0.39 is 16.3 Å². The van der Waals surface area contributed by atoms with Gasteiger partial charge >= 0.3 is 0 Å². The van der Waals surface area contributed by atoms with Gasteiger partial charge in [-0.05, 0) is 32.0 Å². The molecule has 0 fully saturated rings. The second-order valence-corrected chi connectivity index (χ2v) is 6.46. The van der Waals surface area contributed by atoms with Gasteiger partial charge in [-0.2, -0.15) is 0 Å². The third kappa shape index (κ3) is 4.13. The number of hydrogen-bond acceptors (Lipinski definition) is 5. The summed E-state index contributed by atoms with van der Waals surface area (Å²) in [5.41, 5.74) is 3.84. The average Bonchev–Trinajstić information content (AvgIpc) is 2.98. The van der Waals surface area contributed by atoms with Crippen LogP contribution in [0.15, 0.2) is 59.5 Å². The first kappa shape index (κ1) is 19.7. The molecule has 0 saturated heterocycles. The van der Waals surface area contributed by atoms with Crippen LogP contribution in [0.25, 0.3) is 0 Å². The van der Waals surface area contributed by atoms with Crippen LogP contribution in [0, 0.1) is 24.0 Å². The van der Waals surface area contributed by atoms with Gasteiger partial charge in [0.25, 0.3) is 17.2 Å². The first-order valence-electron chi connectivity index (χ1n) is 8.71. The number of pyridine rings is 1. The average molecular weight is 394 g/mol. The number of amides is 1. The van der Waals surface area contributed by atoms with Crippen LogP contribution in [0.4, 0.5) is 5.69 Å². The zero-order chi connectivity index (χ0) is 21.1. The molecule has 29 heavy (non-hydrogen) atoms. The summed E-state index contributed by atoms with van der Waals surface area (Å²) in [6.45, 7) is 3.05. The molecule has 1 amide bonds. The van der Waals surface area contributed by atoms with E-state index in [-0.39, 0.29) is 18.1 Å². The lowest BCUT2D eigenvalue weighted by Gasteiger charge is -2.12. The van der Waals surface area contributed by atoms with E-state index in [1.54, 1.807) is 50.2 Å². The fraction of sp³-hybridized carbons (Fsp3) is 0.150. The van der Waals surface area contributed by atoms with Gasteiger partial charge in [-0.15, -0.1) is 0 Å². The molecule has 3 aromatic rings. The van der Waals surface area contributed by atoms with E-state index in [1.807, 2.05) is 0 Å². The van der Waals surface area contributed by atoms with Crippen molar-refractivity contribution in [3.8, 4) is 0 Å². The summed E-state index contributed by atoms with van der Waals surface area (Å²) < 4.78 is 2.49. The standard InChI is InChI=1S/C20H18N4O5/c1-13-10-17(14(2)23(13)21-20(27)15-6-4-3-5-7-15)18(25)12-22-11-16(24(28)29)8-9-19(22)26/h3-11H,12H2,1-2H3,(H,21,27). The maximum Gasteiger partial charge on any atom is 0.285 e. The Hall–Kier alpha value is -4.01. The molecular weight excluding hydrogens is 376 g/mol. The second-order valence-electron chi connectivity index (χ2n) is 6.46. The highest BCUT2D eigenvalue weighted by Crippen LogP contribution is 2.16.